The van der Waals surface area contributed by atoms with Gasteiger partial charge in [0.2, 0.25) is 5.95 Å². The van der Waals surface area contributed by atoms with Crippen LogP contribution in [0.25, 0.3) is 0 Å². The molecule has 186 valence electrons. The van der Waals surface area contributed by atoms with Crippen molar-refractivity contribution in [2.24, 2.45) is 5.73 Å². The number of ether oxygens (including phenoxy) is 1. The number of halogens is 3. The number of nitrogens with one attached hydrogen (secondary N) is 4. The summed E-state index contributed by atoms with van der Waals surface area (Å²) in [6.45, 7) is 4.08. The maximum Gasteiger partial charge on any atom is 0.573 e. The molecule has 1 atom stereocenters. The van der Waals surface area contributed by atoms with E-state index in [0.29, 0.717) is 31.1 Å². The monoisotopic (exact) mass is 483 g/mol. The predicted octanol–water partition coefficient (Wildman–Crippen LogP) is 1.87. The van der Waals surface area contributed by atoms with Crippen LogP contribution in [-0.2, 0) is 6.42 Å². The normalized spacial score (nSPS) is 16.4. The lowest BCUT2D eigenvalue weighted by Crippen LogP contribution is -2.34. The first-order valence-corrected chi connectivity index (χ1v) is 10.9. The molecule has 1 fully saturated rings. The van der Waals surface area contributed by atoms with E-state index >= 15 is 0 Å². The van der Waals surface area contributed by atoms with E-state index in [-0.39, 0.29) is 11.6 Å². The number of aromatic nitrogens is 2. The first-order valence-electron chi connectivity index (χ1n) is 10.9. The first kappa shape index (κ1) is 25.5. The highest BCUT2D eigenvalue weighted by Crippen LogP contribution is 2.29. The van der Waals surface area contributed by atoms with Crippen molar-refractivity contribution >= 4 is 17.7 Å². The number of urea groups is 1. The van der Waals surface area contributed by atoms with Gasteiger partial charge in [0.1, 0.15) is 0 Å². The SMILES string of the molecule is NCCCN[C@@H]1CCN(CCc2cnc(NC(=O)Nc3ccccc3OC(F)(F)F)[nH]c2=O)C1. The Labute approximate surface area is 194 Å². The molecule has 1 aromatic heterocycles. The van der Waals surface area contributed by atoms with Crippen molar-refractivity contribution in [3.63, 3.8) is 0 Å². The molecule has 2 aromatic rings. The fourth-order valence-electron chi connectivity index (χ4n) is 3.60. The minimum absolute atomic E-state index is 0.134. The number of rotatable bonds is 10. The largest absolute Gasteiger partial charge is 0.573 e. The third-order valence-corrected chi connectivity index (χ3v) is 5.25. The van der Waals surface area contributed by atoms with Crippen molar-refractivity contribution in [2.75, 3.05) is 43.4 Å². The molecule has 13 heteroatoms. The molecule has 6 N–H and O–H groups in total. The maximum atomic E-state index is 12.5. The Hall–Kier alpha value is -3.16. The van der Waals surface area contributed by atoms with Gasteiger partial charge in [-0.05, 0) is 51.0 Å². The molecule has 0 saturated carbocycles. The topological polar surface area (TPSA) is 137 Å². The molecular formula is C21H28F3N7O3. The van der Waals surface area contributed by atoms with E-state index in [4.69, 9.17) is 5.73 Å². The molecule has 10 nitrogen and oxygen atoms in total. The summed E-state index contributed by atoms with van der Waals surface area (Å²) in [6, 6.07) is 4.61. The van der Waals surface area contributed by atoms with Crippen molar-refractivity contribution in [3.05, 3.63) is 46.4 Å². The summed E-state index contributed by atoms with van der Waals surface area (Å²) in [6.07, 6.45) is -1.07. The van der Waals surface area contributed by atoms with Gasteiger partial charge < -0.3 is 26.0 Å². The fraction of sp³-hybridized carbons (Fsp3) is 0.476. The Kier molecular flexibility index (Phi) is 8.85. The van der Waals surface area contributed by atoms with Gasteiger partial charge in [0.05, 0.1) is 5.69 Å². The number of aromatic amines is 1. The van der Waals surface area contributed by atoms with Crippen LogP contribution in [0.4, 0.5) is 29.6 Å². The lowest BCUT2D eigenvalue weighted by molar-refractivity contribution is -0.274. The highest BCUT2D eigenvalue weighted by atomic mass is 19.4. The third-order valence-electron chi connectivity index (χ3n) is 5.25. The average molecular weight is 483 g/mol. The van der Waals surface area contributed by atoms with Gasteiger partial charge in [-0.15, -0.1) is 13.2 Å². The summed E-state index contributed by atoms with van der Waals surface area (Å²) in [5.41, 5.74) is 5.38. The lowest BCUT2D eigenvalue weighted by Gasteiger charge is -2.16. The smallest absolute Gasteiger partial charge is 0.404 e. The predicted molar refractivity (Wildman–Crippen MR) is 121 cm³/mol. The molecular weight excluding hydrogens is 455 g/mol. The summed E-state index contributed by atoms with van der Waals surface area (Å²) in [4.78, 5) is 33.3. The number of hydrogen-bond donors (Lipinski definition) is 5. The lowest BCUT2D eigenvalue weighted by atomic mass is 10.2. The van der Waals surface area contributed by atoms with Crippen LogP contribution < -0.4 is 32.0 Å². The van der Waals surface area contributed by atoms with Crippen LogP contribution >= 0.6 is 0 Å². The molecule has 0 spiro atoms. The zero-order valence-electron chi connectivity index (χ0n) is 18.5. The second kappa shape index (κ2) is 11.8. The minimum Gasteiger partial charge on any atom is -0.404 e. The number of nitrogens with two attached hydrogens (primary N) is 1. The van der Waals surface area contributed by atoms with Gasteiger partial charge in [-0.2, -0.15) is 0 Å². The number of para-hydroxylation sites is 2. The molecule has 34 heavy (non-hydrogen) atoms. The van der Waals surface area contributed by atoms with Crippen LogP contribution in [-0.4, -0.2) is 66.0 Å². The Balaban J connectivity index is 1.50. The highest BCUT2D eigenvalue weighted by molar-refractivity contribution is 5.99. The first-order chi connectivity index (χ1) is 16.2. The quantitative estimate of drug-likeness (QED) is 0.325. The van der Waals surface area contributed by atoms with E-state index in [1.807, 2.05) is 0 Å². The number of benzene rings is 1. The summed E-state index contributed by atoms with van der Waals surface area (Å²) < 4.78 is 41.5. The van der Waals surface area contributed by atoms with E-state index in [2.05, 4.69) is 35.6 Å². The number of hydrogen-bond acceptors (Lipinski definition) is 7. The number of amides is 2. The molecule has 2 heterocycles. The third kappa shape index (κ3) is 8.01. The summed E-state index contributed by atoms with van der Waals surface area (Å²) in [5, 5.41) is 8.01. The number of alkyl halides is 3. The van der Waals surface area contributed by atoms with Crippen molar-refractivity contribution in [1.82, 2.24) is 20.2 Å². The second-order valence-corrected chi connectivity index (χ2v) is 7.84. The molecule has 0 unspecified atom stereocenters. The van der Waals surface area contributed by atoms with Gasteiger partial charge in [-0.3, -0.25) is 15.1 Å². The maximum absolute atomic E-state index is 12.5. The fourth-order valence-corrected chi connectivity index (χ4v) is 3.60. The second-order valence-electron chi connectivity index (χ2n) is 7.84. The molecule has 1 aromatic carbocycles. The molecule has 1 aliphatic heterocycles. The van der Waals surface area contributed by atoms with Crippen LogP contribution in [0.1, 0.15) is 18.4 Å². The van der Waals surface area contributed by atoms with Crippen molar-refractivity contribution in [3.8, 4) is 5.75 Å². The number of carbonyl (C=O) groups excluding carboxylic acids is 1. The Morgan fingerprint density at radius 2 is 2.09 bits per heavy atom. The Morgan fingerprint density at radius 1 is 1.29 bits per heavy atom. The van der Waals surface area contributed by atoms with E-state index < -0.39 is 23.7 Å². The molecule has 0 bridgehead atoms. The van der Waals surface area contributed by atoms with Gasteiger partial charge in [0.25, 0.3) is 5.56 Å². The van der Waals surface area contributed by atoms with Crippen LogP contribution in [0.2, 0.25) is 0 Å². The number of anilines is 2. The van der Waals surface area contributed by atoms with Gasteiger partial charge in [-0.1, -0.05) is 12.1 Å². The zero-order valence-corrected chi connectivity index (χ0v) is 18.5. The van der Waals surface area contributed by atoms with E-state index in [1.165, 1.54) is 24.4 Å². The average Bonchev–Trinajstić information content (AvgIpc) is 3.21. The Bertz CT molecular complexity index is 1020. The molecule has 1 saturated heterocycles. The van der Waals surface area contributed by atoms with E-state index in [9.17, 15) is 22.8 Å². The van der Waals surface area contributed by atoms with Crippen LogP contribution in [0, 0.1) is 0 Å². The van der Waals surface area contributed by atoms with Crippen molar-refractivity contribution in [2.45, 2.75) is 31.7 Å². The van der Waals surface area contributed by atoms with Crippen LogP contribution in [0.5, 0.6) is 5.75 Å². The molecule has 0 radical (unpaired) electrons. The Morgan fingerprint density at radius 3 is 2.82 bits per heavy atom. The van der Waals surface area contributed by atoms with E-state index in [0.717, 1.165) is 38.5 Å². The number of nitrogens with zero attached hydrogens (tertiary/aromatic N) is 2. The molecule has 1 aliphatic rings. The highest BCUT2D eigenvalue weighted by Gasteiger charge is 2.32. The number of likely N-dealkylation sites (tertiary alicyclic amines) is 1. The molecule has 2 amide bonds. The van der Waals surface area contributed by atoms with Gasteiger partial charge in [0.15, 0.2) is 5.75 Å². The van der Waals surface area contributed by atoms with Crippen LogP contribution in [0.15, 0.2) is 35.3 Å². The zero-order chi connectivity index (χ0) is 24.6. The summed E-state index contributed by atoms with van der Waals surface area (Å²) in [7, 11) is 0. The van der Waals surface area contributed by atoms with Gasteiger partial charge >= 0.3 is 12.4 Å². The summed E-state index contributed by atoms with van der Waals surface area (Å²) in [5.74, 6) is -0.702. The van der Waals surface area contributed by atoms with Crippen molar-refractivity contribution < 1.29 is 22.7 Å². The molecule has 3 rings (SSSR count). The van der Waals surface area contributed by atoms with Gasteiger partial charge in [-0.25, -0.2) is 9.78 Å². The summed E-state index contributed by atoms with van der Waals surface area (Å²) >= 11 is 0. The van der Waals surface area contributed by atoms with E-state index in [1.54, 1.807) is 0 Å². The standard InChI is InChI=1S/C21H28F3N7O3/c22-21(23,24)34-17-5-2-1-4-16(17)28-20(33)30-19-27-12-14(18(32)29-19)6-10-31-11-7-15(13-31)26-9-3-8-25/h1-2,4-5,12,15,26H,3,6-11,13,25H2,(H3,27,28,29,30,32,33)/t15-/m1/s1. The van der Waals surface area contributed by atoms with Crippen LogP contribution in [0.3, 0.4) is 0 Å². The number of H-pyrrole nitrogens is 1. The number of carbonyl (C=O) groups is 1. The minimum atomic E-state index is -4.91. The van der Waals surface area contributed by atoms with Gasteiger partial charge in [0, 0.05) is 30.9 Å². The molecule has 0 aliphatic carbocycles. The van der Waals surface area contributed by atoms with Crippen molar-refractivity contribution in [1.29, 1.82) is 0 Å².